The predicted octanol–water partition coefficient (Wildman–Crippen LogP) is 3.27. The fourth-order valence-corrected chi connectivity index (χ4v) is 2.30. The van der Waals surface area contributed by atoms with Crippen molar-refractivity contribution in [1.29, 1.82) is 5.26 Å². The van der Waals surface area contributed by atoms with Crippen molar-refractivity contribution >= 4 is 0 Å². The molecule has 0 spiro atoms. The van der Waals surface area contributed by atoms with E-state index in [0.717, 1.165) is 35.5 Å². The summed E-state index contributed by atoms with van der Waals surface area (Å²) in [5.41, 5.74) is 2.61. The Labute approximate surface area is 124 Å². The predicted molar refractivity (Wildman–Crippen MR) is 79.1 cm³/mol. The van der Waals surface area contributed by atoms with Crippen LogP contribution in [0.25, 0.3) is 0 Å². The minimum Gasteiger partial charge on any atom is -0.493 e. The summed E-state index contributed by atoms with van der Waals surface area (Å²) in [6, 6.07) is 9.48. The number of aliphatic hydroxyl groups is 1. The van der Waals surface area contributed by atoms with Crippen LogP contribution in [0.15, 0.2) is 28.7 Å². The third-order valence-corrected chi connectivity index (χ3v) is 3.28. The van der Waals surface area contributed by atoms with Gasteiger partial charge in [0.25, 0.3) is 0 Å². The van der Waals surface area contributed by atoms with Gasteiger partial charge >= 0.3 is 0 Å². The van der Waals surface area contributed by atoms with E-state index in [-0.39, 0.29) is 6.61 Å². The summed E-state index contributed by atoms with van der Waals surface area (Å²) in [4.78, 5) is 0. The van der Waals surface area contributed by atoms with Crippen molar-refractivity contribution in [3.05, 3.63) is 52.5 Å². The number of aliphatic hydroxyl groups excluding tert-OH is 1. The lowest BCUT2D eigenvalue weighted by Crippen LogP contribution is -2.02. The van der Waals surface area contributed by atoms with Crippen molar-refractivity contribution in [2.45, 2.75) is 33.3 Å². The van der Waals surface area contributed by atoms with Crippen molar-refractivity contribution in [1.82, 2.24) is 0 Å². The maximum absolute atomic E-state index is 8.93. The van der Waals surface area contributed by atoms with Crippen molar-refractivity contribution in [2.75, 3.05) is 6.61 Å². The molecule has 0 aliphatic rings. The molecule has 1 N–H and O–H groups in total. The molecule has 4 heteroatoms. The normalized spacial score (nSPS) is 10.4. The number of aryl methyl sites for hydroxylation is 3. The molecule has 0 saturated carbocycles. The van der Waals surface area contributed by atoms with Crippen molar-refractivity contribution in [2.24, 2.45) is 0 Å². The van der Waals surface area contributed by atoms with Crippen LogP contribution in [0, 0.1) is 25.2 Å². The summed E-state index contributed by atoms with van der Waals surface area (Å²) in [6.45, 7) is 4.41. The quantitative estimate of drug-likeness (QED) is 0.827. The molecular formula is C17H19NO3. The highest BCUT2D eigenvalue weighted by molar-refractivity contribution is 5.47. The van der Waals surface area contributed by atoms with Gasteiger partial charge in [0.2, 0.25) is 0 Å². The van der Waals surface area contributed by atoms with Crippen molar-refractivity contribution in [3.63, 3.8) is 0 Å². The first kappa shape index (κ1) is 15.1. The van der Waals surface area contributed by atoms with Gasteiger partial charge in [0, 0.05) is 6.42 Å². The maximum Gasteiger partial charge on any atom is 0.129 e. The highest BCUT2D eigenvalue weighted by Gasteiger charge is 2.07. The molecule has 0 aliphatic carbocycles. The Balaban J connectivity index is 1.88. The molecule has 0 aliphatic heterocycles. The van der Waals surface area contributed by atoms with Crippen LogP contribution in [0.2, 0.25) is 0 Å². The molecule has 0 bridgehead atoms. The van der Waals surface area contributed by atoms with Gasteiger partial charge in [-0.15, -0.1) is 0 Å². The van der Waals surface area contributed by atoms with Gasteiger partial charge in [-0.1, -0.05) is 0 Å². The lowest BCUT2D eigenvalue weighted by Gasteiger charge is -2.12. The number of rotatable bonds is 6. The Morgan fingerprint density at radius 2 is 1.86 bits per heavy atom. The topological polar surface area (TPSA) is 66.4 Å². The molecule has 1 heterocycles. The average Bonchev–Trinajstić information content (AvgIpc) is 2.93. The van der Waals surface area contributed by atoms with E-state index in [1.807, 2.05) is 32.0 Å². The molecule has 2 aromatic rings. The zero-order valence-electron chi connectivity index (χ0n) is 12.3. The van der Waals surface area contributed by atoms with Crippen LogP contribution in [-0.2, 0) is 13.0 Å². The molecule has 0 saturated heterocycles. The molecule has 1 aromatic carbocycles. The van der Waals surface area contributed by atoms with E-state index >= 15 is 0 Å². The van der Waals surface area contributed by atoms with E-state index < -0.39 is 0 Å². The third-order valence-electron chi connectivity index (χ3n) is 3.28. The van der Waals surface area contributed by atoms with Gasteiger partial charge in [-0.3, -0.25) is 0 Å². The van der Waals surface area contributed by atoms with E-state index in [0.29, 0.717) is 17.9 Å². The molecule has 4 nitrogen and oxygen atoms in total. The van der Waals surface area contributed by atoms with Gasteiger partial charge in [-0.05, 0) is 55.7 Å². The number of ether oxygens (including phenoxy) is 1. The van der Waals surface area contributed by atoms with Crippen LogP contribution in [0.5, 0.6) is 5.75 Å². The second kappa shape index (κ2) is 6.96. The van der Waals surface area contributed by atoms with Crippen LogP contribution in [0.3, 0.4) is 0 Å². The van der Waals surface area contributed by atoms with E-state index in [1.54, 1.807) is 6.07 Å². The molecule has 0 radical (unpaired) electrons. The number of hydrogen-bond acceptors (Lipinski definition) is 4. The number of hydrogen-bond donors (Lipinski definition) is 1. The summed E-state index contributed by atoms with van der Waals surface area (Å²) in [5, 5.41) is 17.9. The van der Waals surface area contributed by atoms with Gasteiger partial charge in [0.15, 0.2) is 0 Å². The fourth-order valence-electron chi connectivity index (χ4n) is 2.30. The van der Waals surface area contributed by atoms with E-state index in [2.05, 4.69) is 6.07 Å². The van der Waals surface area contributed by atoms with Crippen LogP contribution < -0.4 is 4.74 Å². The first-order chi connectivity index (χ1) is 10.1. The summed E-state index contributed by atoms with van der Waals surface area (Å²) in [6.07, 6.45) is 1.60. The molecule has 2 rings (SSSR count). The number of furan rings is 1. The second-order valence-corrected chi connectivity index (χ2v) is 5.03. The van der Waals surface area contributed by atoms with E-state index in [1.165, 1.54) is 0 Å². The molecule has 0 amide bonds. The minimum absolute atomic E-state index is 0.0693. The SMILES string of the molecule is Cc1cc(C#N)cc(C)c1OCCCc1ccc(CO)o1. The Hall–Kier alpha value is -2.25. The second-order valence-electron chi connectivity index (χ2n) is 5.03. The van der Waals surface area contributed by atoms with Gasteiger partial charge in [0.1, 0.15) is 23.9 Å². The van der Waals surface area contributed by atoms with Gasteiger partial charge in [-0.25, -0.2) is 0 Å². The highest BCUT2D eigenvalue weighted by atomic mass is 16.5. The first-order valence-corrected chi connectivity index (χ1v) is 6.96. The zero-order valence-corrected chi connectivity index (χ0v) is 12.3. The lowest BCUT2D eigenvalue weighted by atomic mass is 10.1. The Kier molecular flexibility index (Phi) is 5.02. The monoisotopic (exact) mass is 285 g/mol. The summed E-state index contributed by atoms with van der Waals surface area (Å²) >= 11 is 0. The van der Waals surface area contributed by atoms with Crippen LogP contribution >= 0.6 is 0 Å². The summed E-state index contributed by atoms with van der Waals surface area (Å²) in [7, 11) is 0. The fraction of sp³-hybridized carbons (Fsp3) is 0.353. The van der Waals surface area contributed by atoms with Crippen molar-refractivity contribution in [3.8, 4) is 11.8 Å². The van der Waals surface area contributed by atoms with Gasteiger partial charge in [0.05, 0.1) is 18.2 Å². The molecule has 1 aromatic heterocycles. The highest BCUT2D eigenvalue weighted by Crippen LogP contribution is 2.24. The third kappa shape index (κ3) is 3.87. The standard InChI is InChI=1S/C17H19NO3/c1-12-8-14(10-18)9-13(2)17(12)20-7-3-4-15-5-6-16(11-19)21-15/h5-6,8-9,19H,3-4,7,11H2,1-2H3. The van der Waals surface area contributed by atoms with Gasteiger partial charge < -0.3 is 14.3 Å². The zero-order chi connectivity index (χ0) is 15.2. The lowest BCUT2D eigenvalue weighted by molar-refractivity contribution is 0.242. The molecular weight excluding hydrogens is 266 g/mol. The Bertz CT molecular complexity index is 629. The van der Waals surface area contributed by atoms with Crippen LogP contribution in [0.1, 0.15) is 34.6 Å². The van der Waals surface area contributed by atoms with Gasteiger partial charge in [-0.2, -0.15) is 5.26 Å². The van der Waals surface area contributed by atoms with Crippen LogP contribution in [-0.4, -0.2) is 11.7 Å². The first-order valence-electron chi connectivity index (χ1n) is 6.96. The Morgan fingerprint density at radius 1 is 1.19 bits per heavy atom. The summed E-state index contributed by atoms with van der Waals surface area (Å²) in [5.74, 6) is 2.30. The number of nitriles is 1. The van der Waals surface area contributed by atoms with E-state index in [9.17, 15) is 0 Å². The average molecular weight is 285 g/mol. The maximum atomic E-state index is 8.93. The molecule has 0 atom stereocenters. The molecule has 0 fully saturated rings. The van der Waals surface area contributed by atoms with E-state index in [4.69, 9.17) is 19.5 Å². The Morgan fingerprint density at radius 3 is 2.43 bits per heavy atom. The smallest absolute Gasteiger partial charge is 0.129 e. The minimum atomic E-state index is -0.0693. The van der Waals surface area contributed by atoms with Crippen molar-refractivity contribution < 1.29 is 14.3 Å². The number of nitrogens with zero attached hydrogens (tertiary/aromatic N) is 1. The molecule has 0 unspecified atom stereocenters. The van der Waals surface area contributed by atoms with Crippen LogP contribution in [0.4, 0.5) is 0 Å². The molecule has 21 heavy (non-hydrogen) atoms. The largest absolute Gasteiger partial charge is 0.493 e. The number of benzene rings is 1. The molecule has 110 valence electrons. The summed E-state index contributed by atoms with van der Waals surface area (Å²) < 4.78 is 11.2.